The molecule has 9 heteroatoms. The van der Waals surface area contributed by atoms with Crippen LogP contribution in [0.15, 0.2) is 23.1 Å². The van der Waals surface area contributed by atoms with Crippen LogP contribution in [0.1, 0.15) is 6.92 Å². The van der Waals surface area contributed by atoms with Gasteiger partial charge in [-0.25, -0.2) is 8.42 Å². The lowest BCUT2D eigenvalue weighted by atomic mass is 10.2. The van der Waals surface area contributed by atoms with Gasteiger partial charge in [-0.05, 0) is 25.1 Å². The topological polar surface area (TPSA) is 110 Å². The van der Waals surface area contributed by atoms with Crippen LogP contribution in [0.25, 0.3) is 0 Å². The molecule has 1 fully saturated rings. The van der Waals surface area contributed by atoms with Crippen molar-refractivity contribution in [1.29, 1.82) is 0 Å². The standard InChI is InChI=1S/C11H12ClN3O4S/c1-6-11(17)14-10(16)5-15(6)20(18,19)7-2-3-8(12)9(13)4-7/h2-4,6H,5,13H2,1H3,(H,14,16,17). The minimum absolute atomic E-state index is 0.105. The summed E-state index contributed by atoms with van der Waals surface area (Å²) in [5, 5.41) is 2.30. The monoisotopic (exact) mass is 317 g/mol. The van der Waals surface area contributed by atoms with Crippen LogP contribution in [0.2, 0.25) is 5.02 Å². The summed E-state index contributed by atoms with van der Waals surface area (Å²) in [5.41, 5.74) is 5.68. The van der Waals surface area contributed by atoms with Gasteiger partial charge in [0.1, 0.15) is 6.04 Å². The van der Waals surface area contributed by atoms with E-state index in [0.717, 1.165) is 4.31 Å². The number of carbonyl (C=O) groups is 2. The molecule has 108 valence electrons. The lowest BCUT2D eigenvalue weighted by Gasteiger charge is -2.30. The number of amides is 2. The van der Waals surface area contributed by atoms with E-state index in [9.17, 15) is 18.0 Å². The van der Waals surface area contributed by atoms with E-state index in [1.807, 2.05) is 0 Å². The van der Waals surface area contributed by atoms with Crippen LogP contribution < -0.4 is 11.1 Å². The fourth-order valence-corrected chi connectivity index (χ4v) is 3.50. The number of nitrogens with one attached hydrogen (secondary N) is 1. The van der Waals surface area contributed by atoms with E-state index < -0.39 is 34.4 Å². The zero-order valence-electron chi connectivity index (χ0n) is 10.5. The van der Waals surface area contributed by atoms with E-state index >= 15 is 0 Å². The molecule has 20 heavy (non-hydrogen) atoms. The molecule has 0 spiro atoms. The van der Waals surface area contributed by atoms with Crippen LogP contribution in [0.3, 0.4) is 0 Å². The van der Waals surface area contributed by atoms with Gasteiger partial charge in [0.15, 0.2) is 0 Å². The number of rotatable bonds is 2. The van der Waals surface area contributed by atoms with Crippen molar-refractivity contribution in [2.75, 3.05) is 12.3 Å². The van der Waals surface area contributed by atoms with E-state index in [1.165, 1.54) is 25.1 Å². The van der Waals surface area contributed by atoms with Gasteiger partial charge in [-0.15, -0.1) is 0 Å². The van der Waals surface area contributed by atoms with Crippen molar-refractivity contribution >= 4 is 39.1 Å². The van der Waals surface area contributed by atoms with Crippen LogP contribution in [0, 0.1) is 0 Å². The molecule has 1 aromatic carbocycles. The van der Waals surface area contributed by atoms with Crippen molar-refractivity contribution in [1.82, 2.24) is 9.62 Å². The molecular weight excluding hydrogens is 306 g/mol. The smallest absolute Gasteiger partial charge is 0.244 e. The molecule has 0 aromatic heterocycles. The third-order valence-corrected chi connectivity index (χ3v) is 5.20. The van der Waals surface area contributed by atoms with Crippen LogP contribution in [-0.2, 0) is 19.6 Å². The molecule has 3 N–H and O–H groups in total. The van der Waals surface area contributed by atoms with Crippen molar-refractivity contribution in [2.45, 2.75) is 17.9 Å². The average Bonchev–Trinajstić information content (AvgIpc) is 2.36. The number of nitrogens with zero attached hydrogens (tertiary/aromatic N) is 1. The lowest BCUT2D eigenvalue weighted by Crippen LogP contribution is -2.58. The van der Waals surface area contributed by atoms with Gasteiger partial charge in [0, 0.05) is 0 Å². The van der Waals surface area contributed by atoms with E-state index in [2.05, 4.69) is 5.32 Å². The number of carbonyl (C=O) groups excluding carboxylic acids is 2. The third-order valence-electron chi connectivity index (χ3n) is 2.95. The number of piperazine rings is 1. The molecule has 1 aliphatic rings. The Hall–Kier alpha value is -1.64. The van der Waals surface area contributed by atoms with Crippen molar-refractivity contribution < 1.29 is 18.0 Å². The van der Waals surface area contributed by atoms with Gasteiger partial charge in [-0.2, -0.15) is 4.31 Å². The Kier molecular flexibility index (Phi) is 3.72. The van der Waals surface area contributed by atoms with E-state index in [0.29, 0.717) is 0 Å². The molecule has 7 nitrogen and oxygen atoms in total. The maximum Gasteiger partial charge on any atom is 0.244 e. The summed E-state index contributed by atoms with van der Waals surface area (Å²) < 4.78 is 25.7. The summed E-state index contributed by atoms with van der Waals surface area (Å²) in [5.74, 6) is -1.33. The second-order valence-electron chi connectivity index (χ2n) is 4.32. The molecule has 1 aliphatic heterocycles. The van der Waals surface area contributed by atoms with Gasteiger partial charge >= 0.3 is 0 Å². The fraction of sp³-hybridized carbons (Fsp3) is 0.273. The fourth-order valence-electron chi connectivity index (χ4n) is 1.80. The molecule has 0 saturated carbocycles. The van der Waals surface area contributed by atoms with Gasteiger partial charge in [-0.3, -0.25) is 14.9 Å². The Labute approximate surface area is 120 Å². The van der Waals surface area contributed by atoms with Crippen molar-refractivity contribution in [2.24, 2.45) is 0 Å². The SMILES string of the molecule is CC1C(=O)NC(=O)CN1S(=O)(=O)c1ccc(Cl)c(N)c1. The summed E-state index contributed by atoms with van der Waals surface area (Å²) >= 11 is 5.74. The van der Waals surface area contributed by atoms with Gasteiger partial charge in [0.25, 0.3) is 0 Å². The molecule has 2 rings (SSSR count). The number of benzene rings is 1. The van der Waals surface area contributed by atoms with Gasteiger partial charge in [-0.1, -0.05) is 11.6 Å². The van der Waals surface area contributed by atoms with Crippen LogP contribution in [0.5, 0.6) is 0 Å². The lowest BCUT2D eigenvalue weighted by molar-refractivity contribution is -0.136. The number of nitrogen functional groups attached to an aromatic ring is 1. The van der Waals surface area contributed by atoms with Crippen LogP contribution in [0.4, 0.5) is 5.69 Å². The number of sulfonamides is 1. The Balaban J connectivity index is 2.45. The quantitative estimate of drug-likeness (QED) is 0.587. The second kappa shape index (κ2) is 5.04. The molecule has 1 unspecified atom stereocenters. The molecule has 1 heterocycles. The number of anilines is 1. The van der Waals surface area contributed by atoms with Gasteiger partial charge < -0.3 is 5.73 Å². The molecule has 1 atom stereocenters. The van der Waals surface area contributed by atoms with Crippen LogP contribution in [-0.4, -0.2) is 37.1 Å². The molecule has 1 aromatic rings. The largest absolute Gasteiger partial charge is 0.397 e. The number of halogens is 1. The van der Waals surface area contributed by atoms with Crippen molar-refractivity contribution in [3.05, 3.63) is 23.2 Å². The maximum absolute atomic E-state index is 12.4. The first kappa shape index (κ1) is 14.8. The Morgan fingerprint density at radius 1 is 1.40 bits per heavy atom. The second-order valence-corrected chi connectivity index (χ2v) is 6.62. The van der Waals surface area contributed by atoms with Crippen molar-refractivity contribution in [3.63, 3.8) is 0 Å². The Morgan fingerprint density at radius 2 is 2.05 bits per heavy atom. The summed E-state index contributed by atoms with van der Waals surface area (Å²) in [6.07, 6.45) is 0. The predicted octanol–water partition coefficient (Wildman–Crippen LogP) is -0.0422. The summed E-state index contributed by atoms with van der Waals surface area (Å²) in [6.45, 7) is 0.983. The van der Waals surface area contributed by atoms with Crippen LogP contribution >= 0.6 is 11.6 Å². The summed E-state index contributed by atoms with van der Waals surface area (Å²) in [6, 6.07) is 2.84. The highest BCUT2D eigenvalue weighted by Gasteiger charge is 2.38. The van der Waals surface area contributed by atoms with E-state index in [4.69, 9.17) is 17.3 Å². The molecule has 0 radical (unpaired) electrons. The highest BCUT2D eigenvalue weighted by atomic mass is 35.5. The molecular formula is C11H12ClN3O4S. The predicted molar refractivity (Wildman–Crippen MR) is 72.4 cm³/mol. The third kappa shape index (κ3) is 2.49. The number of imide groups is 1. The number of nitrogens with two attached hydrogens (primary N) is 1. The summed E-state index contributed by atoms with van der Waals surface area (Å²) in [4.78, 5) is 22.8. The molecule has 2 amide bonds. The highest BCUT2D eigenvalue weighted by molar-refractivity contribution is 7.89. The molecule has 0 aliphatic carbocycles. The number of hydrogen-bond acceptors (Lipinski definition) is 5. The molecule has 0 bridgehead atoms. The number of hydrogen-bond donors (Lipinski definition) is 2. The Morgan fingerprint density at radius 3 is 2.65 bits per heavy atom. The first-order valence-corrected chi connectivity index (χ1v) is 7.46. The zero-order chi connectivity index (χ0) is 15.1. The highest BCUT2D eigenvalue weighted by Crippen LogP contribution is 2.26. The van der Waals surface area contributed by atoms with Gasteiger partial charge in [0.2, 0.25) is 21.8 Å². The first-order valence-electron chi connectivity index (χ1n) is 5.64. The van der Waals surface area contributed by atoms with E-state index in [1.54, 1.807) is 0 Å². The normalized spacial score (nSPS) is 20.8. The summed E-state index contributed by atoms with van der Waals surface area (Å²) in [7, 11) is -4.00. The Bertz CT molecular complexity index is 689. The van der Waals surface area contributed by atoms with Crippen molar-refractivity contribution in [3.8, 4) is 0 Å². The maximum atomic E-state index is 12.4. The van der Waals surface area contributed by atoms with E-state index in [-0.39, 0.29) is 15.6 Å². The van der Waals surface area contributed by atoms with Gasteiger partial charge in [0.05, 0.1) is 22.2 Å². The minimum Gasteiger partial charge on any atom is -0.397 e. The zero-order valence-corrected chi connectivity index (χ0v) is 12.0. The molecule has 1 saturated heterocycles. The average molecular weight is 318 g/mol. The first-order chi connectivity index (χ1) is 9.23. The minimum atomic E-state index is -4.00.